The number of amides is 2. The molecule has 0 saturated carbocycles. The van der Waals surface area contributed by atoms with Crippen molar-refractivity contribution in [1.82, 2.24) is 9.80 Å². The highest BCUT2D eigenvalue weighted by Crippen LogP contribution is 2.21. The monoisotopic (exact) mass is 424 g/mol. The SMILES string of the molecule is COc1ccc(CN2CCN(C(=O)C3=NN(c4ccccc4)C(=O)CC3)CC2)cc1F. The number of anilines is 1. The van der Waals surface area contributed by atoms with E-state index in [9.17, 15) is 14.0 Å². The van der Waals surface area contributed by atoms with Gasteiger partial charge in [-0.3, -0.25) is 14.5 Å². The number of halogens is 1. The molecule has 4 rings (SSSR count). The number of rotatable bonds is 5. The van der Waals surface area contributed by atoms with Crippen LogP contribution in [0.1, 0.15) is 18.4 Å². The molecule has 0 aromatic heterocycles. The standard InChI is InChI=1S/C23H25FN4O3/c1-31-21-9-7-17(15-19(21)24)16-26-11-13-27(14-12-26)23(30)20-8-10-22(29)28(25-20)18-5-3-2-4-6-18/h2-7,9,15H,8,10-14,16H2,1H3. The third-order valence-electron chi connectivity index (χ3n) is 5.56. The molecule has 0 bridgehead atoms. The van der Waals surface area contributed by atoms with Gasteiger partial charge in [0.2, 0.25) is 5.91 Å². The largest absolute Gasteiger partial charge is 0.494 e. The maximum Gasteiger partial charge on any atom is 0.270 e. The van der Waals surface area contributed by atoms with Crippen molar-refractivity contribution in [2.45, 2.75) is 19.4 Å². The van der Waals surface area contributed by atoms with Crippen LogP contribution >= 0.6 is 0 Å². The summed E-state index contributed by atoms with van der Waals surface area (Å²) < 4.78 is 18.9. The summed E-state index contributed by atoms with van der Waals surface area (Å²) in [5.74, 6) is -0.375. The minimum absolute atomic E-state index is 0.112. The van der Waals surface area contributed by atoms with E-state index in [1.165, 1.54) is 18.2 Å². The van der Waals surface area contributed by atoms with Gasteiger partial charge in [-0.2, -0.15) is 5.10 Å². The lowest BCUT2D eigenvalue weighted by Gasteiger charge is -2.35. The molecule has 0 atom stereocenters. The maximum atomic E-state index is 13.9. The molecule has 2 aliphatic rings. The van der Waals surface area contributed by atoms with E-state index in [1.807, 2.05) is 24.3 Å². The number of piperazine rings is 1. The van der Waals surface area contributed by atoms with E-state index in [1.54, 1.807) is 23.1 Å². The van der Waals surface area contributed by atoms with E-state index < -0.39 is 0 Å². The molecule has 2 heterocycles. The number of methoxy groups -OCH3 is 1. The molecule has 0 spiro atoms. The average molecular weight is 424 g/mol. The van der Waals surface area contributed by atoms with Gasteiger partial charge in [0.1, 0.15) is 5.71 Å². The summed E-state index contributed by atoms with van der Waals surface area (Å²) in [5.41, 5.74) is 1.94. The predicted molar refractivity (Wildman–Crippen MR) is 115 cm³/mol. The number of benzene rings is 2. The van der Waals surface area contributed by atoms with Gasteiger partial charge in [0, 0.05) is 45.6 Å². The van der Waals surface area contributed by atoms with E-state index in [0.717, 1.165) is 5.56 Å². The van der Waals surface area contributed by atoms with Crippen molar-refractivity contribution in [3.8, 4) is 5.75 Å². The molecular formula is C23H25FN4O3. The topological polar surface area (TPSA) is 65.5 Å². The van der Waals surface area contributed by atoms with Gasteiger partial charge in [-0.25, -0.2) is 9.40 Å². The van der Waals surface area contributed by atoms with Crippen LogP contribution in [0.4, 0.5) is 10.1 Å². The fraction of sp³-hybridized carbons (Fsp3) is 0.348. The third-order valence-corrected chi connectivity index (χ3v) is 5.56. The molecule has 2 aromatic rings. The van der Waals surface area contributed by atoms with Crippen molar-refractivity contribution in [1.29, 1.82) is 0 Å². The van der Waals surface area contributed by atoms with Gasteiger partial charge in [-0.05, 0) is 29.8 Å². The maximum absolute atomic E-state index is 13.9. The van der Waals surface area contributed by atoms with Crippen molar-refractivity contribution in [3.63, 3.8) is 0 Å². The molecule has 8 heteroatoms. The third kappa shape index (κ3) is 4.74. The Morgan fingerprint density at radius 1 is 1.06 bits per heavy atom. The number of hydrazone groups is 1. The Morgan fingerprint density at radius 3 is 2.48 bits per heavy atom. The van der Waals surface area contributed by atoms with Gasteiger partial charge in [-0.15, -0.1) is 0 Å². The van der Waals surface area contributed by atoms with E-state index >= 15 is 0 Å². The quantitative estimate of drug-likeness (QED) is 0.740. The first-order chi connectivity index (χ1) is 15.0. The number of hydrogen-bond acceptors (Lipinski definition) is 5. The molecule has 1 saturated heterocycles. The van der Waals surface area contributed by atoms with Gasteiger partial charge >= 0.3 is 0 Å². The molecule has 2 aromatic carbocycles. The lowest BCUT2D eigenvalue weighted by molar-refractivity contribution is -0.126. The Bertz CT molecular complexity index is 988. The summed E-state index contributed by atoms with van der Waals surface area (Å²) in [5, 5.41) is 5.69. The van der Waals surface area contributed by atoms with Gasteiger partial charge < -0.3 is 9.64 Å². The highest BCUT2D eigenvalue weighted by molar-refractivity contribution is 6.40. The van der Waals surface area contributed by atoms with Crippen LogP contribution in [0.2, 0.25) is 0 Å². The highest BCUT2D eigenvalue weighted by Gasteiger charge is 2.30. The summed E-state index contributed by atoms with van der Waals surface area (Å²) in [6.45, 7) is 3.12. The molecule has 7 nitrogen and oxygen atoms in total. The van der Waals surface area contributed by atoms with Crippen molar-refractivity contribution in [2.24, 2.45) is 5.10 Å². The summed E-state index contributed by atoms with van der Waals surface area (Å²) in [6.07, 6.45) is 0.620. The molecular weight excluding hydrogens is 399 g/mol. The van der Waals surface area contributed by atoms with Crippen LogP contribution in [0.3, 0.4) is 0 Å². The Kier molecular flexibility index (Phi) is 6.27. The van der Waals surface area contributed by atoms with Crippen molar-refractivity contribution < 1.29 is 18.7 Å². The summed E-state index contributed by atoms with van der Waals surface area (Å²) in [6, 6.07) is 14.1. The average Bonchev–Trinajstić information content (AvgIpc) is 2.80. The molecule has 0 unspecified atom stereocenters. The number of para-hydroxylation sites is 1. The van der Waals surface area contributed by atoms with Crippen LogP contribution in [0, 0.1) is 5.82 Å². The van der Waals surface area contributed by atoms with Crippen LogP contribution < -0.4 is 9.75 Å². The van der Waals surface area contributed by atoms with Gasteiger partial charge in [0.15, 0.2) is 11.6 Å². The lowest BCUT2D eigenvalue weighted by atomic mass is 10.1. The van der Waals surface area contributed by atoms with E-state index in [2.05, 4.69) is 10.0 Å². The zero-order valence-electron chi connectivity index (χ0n) is 17.5. The van der Waals surface area contributed by atoms with E-state index in [-0.39, 0.29) is 29.8 Å². The molecule has 0 radical (unpaired) electrons. The molecule has 31 heavy (non-hydrogen) atoms. The molecule has 2 amide bonds. The number of carbonyl (C=O) groups is 2. The van der Waals surface area contributed by atoms with Crippen molar-refractivity contribution in [2.75, 3.05) is 38.3 Å². The Morgan fingerprint density at radius 2 is 1.81 bits per heavy atom. The zero-order valence-corrected chi connectivity index (χ0v) is 17.5. The van der Waals surface area contributed by atoms with Gasteiger partial charge in [0.05, 0.1) is 12.8 Å². The number of hydrogen-bond donors (Lipinski definition) is 0. The normalized spacial score (nSPS) is 17.5. The molecule has 0 aliphatic carbocycles. The second kappa shape index (κ2) is 9.26. The van der Waals surface area contributed by atoms with Crippen LogP contribution in [0.25, 0.3) is 0 Å². The minimum Gasteiger partial charge on any atom is -0.494 e. The molecule has 0 N–H and O–H groups in total. The van der Waals surface area contributed by atoms with Gasteiger partial charge in [-0.1, -0.05) is 24.3 Å². The smallest absolute Gasteiger partial charge is 0.270 e. The number of ether oxygens (including phenoxy) is 1. The molecule has 2 aliphatic heterocycles. The lowest BCUT2D eigenvalue weighted by Crippen LogP contribution is -2.51. The fourth-order valence-corrected chi connectivity index (χ4v) is 3.84. The van der Waals surface area contributed by atoms with Gasteiger partial charge in [0.25, 0.3) is 5.91 Å². The van der Waals surface area contributed by atoms with E-state index in [4.69, 9.17) is 4.74 Å². The van der Waals surface area contributed by atoms with Crippen LogP contribution in [0.15, 0.2) is 53.6 Å². The fourth-order valence-electron chi connectivity index (χ4n) is 3.84. The number of carbonyl (C=O) groups excluding carboxylic acids is 2. The summed E-state index contributed by atoms with van der Waals surface area (Å²) >= 11 is 0. The van der Waals surface area contributed by atoms with E-state index in [0.29, 0.717) is 50.5 Å². The van der Waals surface area contributed by atoms with Crippen LogP contribution in [-0.4, -0.2) is 60.6 Å². The highest BCUT2D eigenvalue weighted by atomic mass is 19.1. The zero-order chi connectivity index (χ0) is 21.8. The Balaban J connectivity index is 1.37. The summed E-state index contributed by atoms with van der Waals surface area (Å²) in [7, 11) is 1.44. The number of nitrogens with zero attached hydrogens (tertiary/aromatic N) is 4. The Labute approximate surface area is 180 Å². The van der Waals surface area contributed by atoms with Crippen LogP contribution in [0.5, 0.6) is 5.75 Å². The first-order valence-electron chi connectivity index (χ1n) is 10.3. The van der Waals surface area contributed by atoms with Crippen molar-refractivity contribution >= 4 is 23.2 Å². The van der Waals surface area contributed by atoms with Crippen molar-refractivity contribution in [3.05, 3.63) is 59.9 Å². The first kappa shape index (κ1) is 21.0. The van der Waals surface area contributed by atoms with Crippen LogP contribution in [-0.2, 0) is 16.1 Å². The first-order valence-corrected chi connectivity index (χ1v) is 10.3. The minimum atomic E-state index is -0.373. The molecule has 162 valence electrons. The summed E-state index contributed by atoms with van der Waals surface area (Å²) in [4.78, 5) is 29.2. The molecule has 1 fully saturated rings. The Hall–Kier alpha value is -3.26. The second-order valence-corrected chi connectivity index (χ2v) is 7.63. The second-order valence-electron chi connectivity index (χ2n) is 7.63. The predicted octanol–water partition coefficient (Wildman–Crippen LogP) is 2.66.